The number of halogens is 3. The first-order valence-electron chi connectivity index (χ1n) is 9.70. The highest BCUT2D eigenvalue weighted by atomic mass is 32.2. The number of hydrogen-bond acceptors (Lipinski definition) is 4. The van der Waals surface area contributed by atoms with Gasteiger partial charge in [0, 0.05) is 13.1 Å². The van der Waals surface area contributed by atoms with E-state index in [-0.39, 0.29) is 29.0 Å². The number of carbonyl (C=O) groups is 1. The maximum absolute atomic E-state index is 12.5. The van der Waals surface area contributed by atoms with E-state index in [4.69, 9.17) is 0 Å². The van der Waals surface area contributed by atoms with Crippen molar-refractivity contribution in [1.29, 1.82) is 0 Å². The summed E-state index contributed by atoms with van der Waals surface area (Å²) < 4.78 is 66.8. The van der Waals surface area contributed by atoms with Crippen LogP contribution in [0.4, 0.5) is 13.2 Å². The average molecular weight is 459 g/mol. The molecule has 1 atom stereocenters. The van der Waals surface area contributed by atoms with Crippen molar-refractivity contribution in [1.82, 2.24) is 9.62 Å². The van der Waals surface area contributed by atoms with Gasteiger partial charge in [-0.25, -0.2) is 8.42 Å². The molecule has 0 aromatic heterocycles. The topological polar surface area (TPSA) is 75.7 Å². The zero-order chi connectivity index (χ0) is 23.2. The zero-order valence-corrected chi connectivity index (χ0v) is 18.3. The van der Waals surface area contributed by atoms with E-state index in [1.165, 1.54) is 28.6 Å². The number of benzene rings is 2. The van der Waals surface area contributed by atoms with E-state index in [1.807, 2.05) is 0 Å². The van der Waals surface area contributed by atoms with Gasteiger partial charge in [-0.2, -0.15) is 4.31 Å². The van der Waals surface area contributed by atoms with Gasteiger partial charge < -0.3 is 10.1 Å². The van der Waals surface area contributed by atoms with Gasteiger partial charge in [0.05, 0.1) is 17.4 Å². The summed E-state index contributed by atoms with van der Waals surface area (Å²) >= 11 is 0. The van der Waals surface area contributed by atoms with Crippen LogP contribution in [-0.2, 0) is 21.2 Å². The molecule has 0 radical (unpaired) electrons. The molecule has 1 N–H and O–H groups in total. The Hall–Kier alpha value is -2.59. The molecular weight excluding hydrogens is 433 g/mol. The lowest BCUT2D eigenvalue weighted by molar-refractivity contribution is -0.274. The molecule has 0 heterocycles. The van der Waals surface area contributed by atoms with Crippen LogP contribution in [0.2, 0.25) is 0 Å². The number of ether oxygens (including phenoxy) is 1. The van der Waals surface area contributed by atoms with Gasteiger partial charge in [-0.1, -0.05) is 38.1 Å². The zero-order valence-electron chi connectivity index (χ0n) is 17.4. The monoisotopic (exact) mass is 458 g/mol. The van der Waals surface area contributed by atoms with E-state index < -0.39 is 16.4 Å². The highest BCUT2D eigenvalue weighted by Crippen LogP contribution is 2.23. The van der Waals surface area contributed by atoms with Crippen LogP contribution in [0.3, 0.4) is 0 Å². The van der Waals surface area contributed by atoms with Crippen molar-refractivity contribution in [3.8, 4) is 5.75 Å². The van der Waals surface area contributed by atoms with Gasteiger partial charge >= 0.3 is 6.36 Å². The molecule has 0 aliphatic rings. The van der Waals surface area contributed by atoms with Crippen LogP contribution >= 0.6 is 0 Å². The lowest BCUT2D eigenvalue weighted by Gasteiger charge is -2.19. The quantitative estimate of drug-likeness (QED) is 0.616. The first-order valence-corrected chi connectivity index (χ1v) is 11.1. The molecule has 0 spiro atoms. The van der Waals surface area contributed by atoms with E-state index in [0.717, 1.165) is 17.7 Å². The molecule has 10 heteroatoms. The van der Waals surface area contributed by atoms with E-state index >= 15 is 0 Å². The SMILES string of the molecule is CCN(CC)S(=O)(=O)c1ccc(C(C)NC(=O)Cc2ccc(OC(F)(F)F)cc2)cc1. The Balaban J connectivity index is 1.98. The Bertz CT molecular complexity index is 971. The summed E-state index contributed by atoms with van der Waals surface area (Å²) in [6.45, 7) is 6.03. The van der Waals surface area contributed by atoms with Gasteiger partial charge in [0.15, 0.2) is 0 Å². The number of hydrogen-bond donors (Lipinski definition) is 1. The number of rotatable bonds is 9. The highest BCUT2D eigenvalue weighted by Gasteiger charge is 2.31. The fourth-order valence-electron chi connectivity index (χ4n) is 3.01. The minimum Gasteiger partial charge on any atom is -0.406 e. The van der Waals surface area contributed by atoms with Crippen molar-refractivity contribution < 1.29 is 31.1 Å². The number of carbonyl (C=O) groups excluding carboxylic acids is 1. The maximum atomic E-state index is 12.5. The molecule has 2 aromatic carbocycles. The second kappa shape index (κ2) is 10.1. The number of nitrogens with zero attached hydrogens (tertiary/aromatic N) is 1. The van der Waals surface area contributed by atoms with E-state index in [0.29, 0.717) is 18.7 Å². The van der Waals surface area contributed by atoms with Crippen molar-refractivity contribution in [2.45, 2.75) is 44.5 Å². The van der Waals surface area contributed by atoms with Crippen LogP contribution < -0.4 is 10.1 Å². The largest absolute Gasteiger partial charge is 0.573 e. The average Bonchev–Trinajstić information content (AvgIpc) is 2.69. The Labute approximate surface area is 180 Å². The van der Waals surface area contributed by atoms with Crippen LogP contribution in [0.25, 0.3) is 0 Å². The van der Waals surface area contributed by atoms with Gasteiger partial charge in [0.25, 0.3) is 0 Å². The normalized spacial score (nSPS) is 13.1. The number of nitrogens with one attached hydrogen (secondary N) is 1. The Morgan fingerprint density at radius 3 is 2.06 bits per heavy atom. The Morgan fingerprint density at radius 1 is 1.03 bits per heavy atom. The molecule has 0 aliphatic heterocycles. The fourth-order valence-corrected chi connectivity index (χ4v) is 4.47. The molecule has 1 amide bonds. The van der Waals surface area contributed by atoms with E-state index in [1.54, 1.807) is 32.9 Å². The minimum atomic E-state index is -4.77. The van der Waals surface area contributed by atoms with Gasteiger partial charge in [-0.15, -0.1) is 13.2 Å². The van der Waals surface area contributed by atoms with Crippen molar-refractivity contribution in [2.24, 2.45) is 0 Å². The smallest absolute Gasteiger partial charge is 0.406 e. The molecule has 2 aromatic rings. The van der Waals surface area contributed by atoms with Gasteiger partial charge in [0.1, 0.15) is 5.75 Å². The molecule has 2 rings (SSSR count). The van der Waals surface area contributed by atoms with Crippen LogP contribution in [-0.4, -0.2) is 38.1 Å². The molecule has 0 saturated heterocycles. The summed E-state index contributed by atoms with van der Waals surface area (Å²) in [6.07, 6.45) is -4.79. The van der Waals surface area contributed by atoms with Crippen LogP contribution in [0.1, 0.15) is 37.9 Å². The summed E-state index contributed by atoms with van der Waals surface area (Å²) in [5.41, 5.74) is 1.25. The molecule has 0 fully saturated rings. The third-order valence-electron chi connectivity index (χ3n) is 4.62. The second-order valence-electron chi connectivity index (χ2n) is 6.82. The molecule has 0 aliphatic carbocycles. The maximum Gasteiger partial charge on any atom is 0.573 e. The lowest BCUT2D eigenvalue weighted by atomic mass is 10.1. The fraction of sp³-hybridized carbons (Fsp3) is 0.381. The summed E-state index contributed by atoms with van der Waals surface area (Å²) in [7, 11) is -3.56. The highest BCUT2D eigenvalue weighted by molar-refractivity contribution is 7.89. The standard InChI is InChI=1S/C21H25F3N2O4S/c1-4-26(5-2)31(28,29)19-12-8-17(9-13-19)15(3)25-20(27)14-16-6-10-18(11-7-16)30-21(22,23)24/h6-13,15H,4-5,14H2,1-3H3,(H,25,27). The predicted octanol–water partition coefficient (Wildman–Crippen LogP) is 4.04. The number of alkyl halides is 3. The minimum absolute atomic E-state index is 0.0228. The molecule has 31 heavy (non-hydrogen) atoms. The first-order chi connectivity index (χ1) is 14.5. The molecule has 1 unspecified atom stereocenters. The number of sulfonamides is 1. The first kappa shape index (κ1) is 24.7. The second-order valence-corrected chi connectivity index (χ2v) is 8.75. The van der Waals surface area contributed by atoms with Gasteiger partial charge in [-0.05, 0) is 42.3 Å². The van der Waals surface area contributed by atoms with Crippen LogP contribution in [0, 0.1) is 0 Å². The van der Waals surface area contributed by atoms with E-state index in [2.05, 4.69) is 10.1 Å². The molecule has 0 bridgehead atoms. The summed E-state index contributed by atoms with van der Waals surface area (Å²) in [5, 5.41) is 2.79. The molecule has 170 valence electrons. The number of amides is 1. The predicted molar refractivity (Wildman–Crippen MR) is 110 cm³/mol. The molecular formula is C21H25F3N2O4S. The van der Waals surface area contributed by atoms with Crippen molar-refractivity contribution in [2.75, 3.05) is 13.1 Å². The molecule has 6 nitrogen and oxygen atoms in total. The van der Waals surface area contributed by atoms with Crippen LogP contribution in [0.5, 0.6) is 5.75 Å². The van der Waals surface area contributed by atoms with Crippen molar-refractivity contribution in [3.63, 3.8) is 0 Å². The summed E-state index contributed by atoms with van der Waals surface area (Å²) in [4.78, 5) is 12.5. The van der Waals surface area contributed by atoms with E-state index in [9.17, 15) is 26.4 Å². The van der Waals surface area contributed by atoms with Crippen molar-refractivity contribution in [3.05, 3.63) is 59.7 Å². The third kappa shape index (κ3) is 6.96. The lowest BCUT2D eigenvalue weighted by Crippen LogP contribution is -2.30. The van der Waals surface area contributed by atoms with Gasteiger partial charge in [-0.3, -0.25) is 4.79 Å². The third-order valence-corrected chi connectivity index (χ3v) is 6.69. The summed E-state index contributed by atoms with van der Waals surface area (Å²) in [6, 6.07) is 11.0. The molecule has 0 saturated carbocycles. The Morgan fingerprint density at radius 2 is 1.58 bits per heavy atom. The van der Waals surface area contributed by atoms with Crippen molar-refractivity contribution >= 4 is 15.9 Å². The van der Waals surface area contributed by atoms with Crippen LogP contribution in [0.15, 0.2) is 53.4 Å². The Kier molecular flexibility index (Phi) is 8.08. The van der Waals surface area contributed by atoms with Gasteiger partial charge in [0.2, 0.25) is 15.9 Å². The summed E-state index contributed by atoms with van der Waals surface area (Å²) in [5.74, 6) is -0.679.